The molecule has 0 nitrogen and oxygen atoms in total. The molecule has 0 amide bonds. The van der Waals surface area contributed by atoms with Crippen LogP contribution in [0.2, 0.25) is 0 Å². The van der Waals surface area contributed by atoms with Crippen LogP contribution in [-0.2, 0) is 10.8 Å². The topological polar surface area (TPSA) is 0 Å². The van der Waals surface area contributed by atoms with Gasteiger partial charge in [-0.1, -0.05) is 165 Å². The molecular formula is C40H26Br2. The zero-order chi connectivity index (χ0) is 28.3. The minimum atomic E-state index is -0.509. The van der Waals surface area contributed by atoms with Crippen LogP contribution in [0.4, 0.5) is 0 Å². The van der Waals surface area contributed by atoms with Crippen LogP contribution in [0.3, 0.4) is 0 Å². The standard InChI is InChI=1S/C40H26Br2/c41-31-21-23-33-35(25-31)39(27-13-5-1-6-14-27,28-15-7-2-8-16-28)37-34-24-22-32(42)26-36(34)40(38(33)37,29-17-9-3-10-18-29)30-19-11-4-12-20-30/h1-26H. The van der Waals surface area contributed by atoms with Crippen LogP contribution in [0.25, 0.3) is 11.1 Å². The summed E-state index contributed by atoms with van der Waals surface area (Å²) in [6.45, 7) is 0. The maximum Gasteiger partial charge on any atom is 0.0717 e. The van der Waals surface area contributed by atoms with Gasteiger partial charge in [-0.25, -0.2) is 0 Å². The molecule has 0 bridgehead atoms. The first-order valence-electron chi connectivity index (χ1n) is 14.2. The lowest BCUT2D eigenvalue weighted by Crippen LogP contribution is -2.30. The van der Waals surface area contributed by atoms with E-state index in [0.717, 1.165) is 8.95 Å². The summed E-state index contributed by atoms with van der Waals surface area (Å²) in [5.74, 6) is 0. The van der Waals surface area contributed by atoms with Crippen LogP contribution in [0.5, 0.6) is 0 Å². The molecule has 0 heterocycles. The zero-order valence-corrected chi connectivity index (χ0v) is 25.9. The van der Waals surface area contributed by atoms with Crippen molar-refractivity contribution in [2.45, 2.75) is 10.8 Å². The highest BCUT2D eigenvalue weighted by atomic mass is 79.9. The summed E-state index contributed by atoms with van der Waals surface area (Å²) >= 11 is 7.75. The third-order valence-corrected chi connectivity index (χ3v) is 10.1. The fraction of sp³-hybridized carbons (Fsp3) is 0.0500. The van der Waals surface area contributed by atoms with Gasteiger partial charge in [0, 0.05) is 8.95 Å². The number of benzene rings is 6. The van der Waals surface area contributed by atoms with Gasteiger partial charge in [-0.15, -0.1) is 0 Å². The molecule has 0 radical (unpaired) electrons. The fourth-order valence-electron chi connectivity index (χ4n) is 7.69. The molecule has 0 saturated carbocycles. The second-order valence-corrected chi connectivity index (χ2v) is 12.9. The summed E-state index contributed by atoms with van der Waals surface area (Å²) in [5, 5.41) is 0. The van der Waals surface area contributed by atoms with E-state index in [-0.39, 0.29) is 0 Å². The minimum Gasteiger partial charge on any atom is -0.0622 e. The minimum absolute atomic E-state index is 0.509. The summed E-state index contributed by atoms with van der Waals surface area (Å²) in [6, 6.07) is 58.1. The second-order valence-electron chi connectivity index (χ2n) is 11.1. The predicted octanol–water partition coefficient (Wildman–Crippen LogP) is 10.8. The lowest BCUT2D eigenvalue weighted by molar-refractivity contribution is 0.799. The lowest BCUT2D eigenvalue weighted by atomic mass is 9.64. The predicted molar refractivity (Wildman–Crippen MR) is 181 cm³/mol. The van der Waals surface area contributed by atoms with Crippen molar-refractivity contribution in [3.8, 4) is 0 Å². The van der Waals surface area contributed by atoms with Gasteiger partial charge < -0.3 is 0 Å². The van der Waals surface area contributed by atoms with Gasteiger partial charge in [-0.05, 0) is 79.9 Å². The van der Waals surface area contributed by atoms with Crippen molar-refractivity contribution in [1.29, 1.82) is 0 Å². The molecular weight excluding hydrogens is 640 g/mol. The van der Waals surface area contributed by atoms with E-state index in [1.54, 1.807) is 0 Å². The molecule has 200 valence electrons. The zero-order valence-electron chi connectivity index (χ0n) is 22.8. The monoisotopic (exact) mass is 664 g/mol. The van der Waals surface area contributed by atoms with Gasteiger partial charge in [0.25, 0.3) is 0 Å². The van der Waals surface area contributed by atoms with Crippen molar-refractivity contribution in [3.63, 3.8) is 0 Å². The first-order chi connectivity index (χ1) is 20.7. The van der Waals surface area contributed by atoms with Gasteiger partial charge in [0.15, 0.2) is 0 Å². The van der Waals surface area contributed by atoms with E-state index in [2.05, 4.69) is 190 Å². The molecule has 0 atom stereocenters. The number of halogens is 2. The summed E-state index contributed by atoms with van der Waals surface area (Å²) in [4.78, 5) is 0. The van der Waals surface area contributed by atoms with E-state index in [9.17, 15) is 0 Å². The molecule has 6 aromatic rings. The average molecular weight is 666 g/mol. The van der Waals surface area contributed by atoms with Crippen molar-refractivity contribution < 1.29 is 0 Å². The number of allylic oxidation sites excluding steroid dienone is 2. The van der Waals surface area contributed by atoms with Crippen LogP contribution < -0.4 is 0 Å². The van der Waals surface area contributed by atoms with Crippen molar-refractivity contribution in [1.82, 2.24) is 0 Å². The van der Waals surface area contributed by atoms with Crippen LogP contribution in [0.1, 0.15) is 44.5 Å². The Kier molecular flexibility index (Phi) is 6.00. The smallest absolute Gasteiger partial charge is 0.0622 e. The highest BCUT2D eigenvalue weighted by molar-refractivity contribution is 9.10. The molecule has 6 aromatic carbocycles. The second kappa shape index (κ2) is 9.80. The van der Waals surface area contributed by atoms with Crippen molar-refractivity contribution in [3.05, 3.63) is 211 Å². The molecule has 2 aliphatic rings. The van der Waals surface area contributed by atoms with Crippen molar-refractivity contribution >= 4 is 43.0 Å². The molecule has 0 N–H and O–H groups in total. The molecule has 0 aliphatic heterocycles. The maximum atomic E-state index is 3.88. The Balaban J connectivity index is 1.65. The normalized spacial score (nSPS) is 15.7. The van der Waals surface area contributed by atoms with Crippen LogP contribution >= 0.6 is 31.9 Å². The molecule has 0 fully saturated rings. The summed E-state index contributed by atoms with van der Waals surface area (Å²) in [7, 11) is 0. The van der Waals surface area contributed by atoms with Gasteiger partial charge in [-0.3, -0.25) is 0 Å². The van der Waals surface area contributed by atoms with Gasteiger partial charge >= 0.3 is 0 Å². The molecule has 2 heteroatoms. The van der Waals surface area contributed by atoms with Crippen LogP contribution in [0, 0.1) is 0 Å². The van der Waals surface area contributed by atoms with Crippen molar-refractivity contribution in [2.75, 3.05) is 0 Å². The Morgan fingerprint density at radius 2 is 0.619 bits per heavy atom. The van der Waals surface area contributed by atoms with E-state index >= 15 is 0 Å². The van der Waals surface area contributed by atoms with Crippen molar-refractivity contribution in [2.24, 2.45) is 0 Å². The Labute approximate surface area is 263 Å². The summed E-state index contributed by atoms with van der Waals surface area (Å²) in [6.07, 6.45) is 0. The maximum absolute atomic E-state index is 3.88. The molecule has 42 heavy (non-hydrogen) atoms. The van der Waals surface area contributed by atoms with Gasteiger partial charge in [0.1, 0.15) is 0 Å². The molecule has 8 rings (SSSR count). The molecule has 0 unspecified atom stereocenters. The van der Waals surface area contributed by atoms with Gasteiger partial charge in [-0.2, -0.15) is 0 Å². The first-order valence-corrected chi connectivity index (χ1v) is 15.8. The van der Waals surface area contributed by atoms with Crippen LogP contribution in [0.15, 0.2) is 167 Å². The Morgan fingerprint density at radius 1 is 0.333 bits per heavy atom. The average Bonchev–Trinajstić information content (AvgIpc) is 3.51. The Bertz CT molecular complexity index is 1750. The third-order valence-electron chi connectivity index (χ3n) is 9.14. The molecule has 2 aliphatic carbocycles. The van der Waals surface area contributed by atoms with E-state index < -0.39 is 10.8 Å². The Morgan fingerprint density at radius 3 is 0.905 bits per heavy atom. The lowest BCUT2D eigenvalue weighted by Gasteiger charge is -2.37. The number of rotatable bonds is 4. The number of fused-ring (bicyclic) bond motifs is 4. The summed E-state index contributed by atoms with van der Waals surface area (Å²) in [5.41, 5.74) is 12.0. The summed E-state index contributed by atoms with van der Waals surface area (Å²) < 4.78 is 2.17. The quantitative estimate of drug-likeness (QED) is 0.176. The van der Waals surface area contributed by atoms with E-state index in [1.807, 2.05) is 0 Å². The van der Waals surface area contributed by atoms with E-state index in [1.165, 1.54) is 55.7 Å². The first kappa shape index (κ1) is 25.7. The Hall–Kier alpha value is -3.98. The molecule has 0 aromatic heterocycles. The highest BCUT2D eigenvalue weighted by Gasteiger charge is 2.59. The molecule has 0 spiro atoms. The van der Waals surface area contributed by atoms with Gasteiger partial charge in [0.05, 0.1) is 10.8 Å². The fourth-order valence-corrected chi connectivity index (χ4v) is 8.41. The number of hydrogen-bond acceptors (Lipinski definition) is 0. The highest BCUT2D eigenvalue weighted by Crippen LogP contribution is 2.69. The van der Waals surface area contributed by atoms with E-state index in [0.29, 0.717) is 0 Å². The SMILES string of the molecule is Brc1ccc2c(c1)C(c1ccccc1)(c1ccccc1)C1=C2C(c2ccccc2)(c2ccccc2)c2cc(Br)ccc21. The third kappa shape index (κ3) is 3.40. The number of hydrogen-bond donors (Lipinski definition) is 0. The van der Waals surface area contributed by atoms with Crippen LogP contribution in [-0.4, -0.2) is 0 Å². The largest absolute Gasteiger partial charge is 0.0717 e. The van der Waals surface area contributed by atoms with E-state index in [4.69, 9.17) is 0 Å². The molecule has 0 saturated heterocycles. The van der Waals surface area contributed by atoms with Gasteiger partial charge in [0.2, 0.25) is 0 Å².